The van der Waals surface area contributed by atoms with Gasteiger partial charge in [0.1, 0.15) is 11.2 Å². The summed E-state index contributed by atoms with van der Waals surface area (Å²) in [6.07, 6.45) is 7.13. The third-order valence-electron chi connectivity index (χ3n) is 5.87. The minimum absolute atomic E-state index is 0.135. The Morgan fingerprint density at radius 3 is 2.32 bits per heavy atom. The van der Waals surface area contributed by atoms with Crippen molar-refractivity contribution in [1.29, 1.82) is 0 Å². The molecule has 1 heterocycles. The van der Waals surface area contributed by atoms with Crippen LogP contribution in [0.5, 0.6) is 0 Å². The maximum absolute atomic E-state index is 12.2. The number of nitrogens with one attached hydrogen (secondary N) is 1. The number of amides is 2. The highest BCUT2D eigenvalue weighted by Gasteiger charge is 2.31. The molecule has 2 aromatic rings. The Balaban J connectivity index is 1.55. The highest BCUT2D eigenvalue weighted by Crippen LogP contribution is 2.37. The van der Waals surface area contributed by atoms with Crippen molar-refractivity contribution in [1.82, 2.24) is 15.3 Å². The first-order chi connectivity index (χ1) is 14.7. The normalized spacial score (nSPS) is 18.9. The fourth-order valence-corrected chi connectivity index (χ4v) is 3.96. The predicted octanol–water partition coefficient (Wildman–Crippen LogP) is 2.89. The lowest BCUT2D eigenvalue weighted by molar-refractivity contribution is -0.146. The summed E-state index contributed by atoms with van der Waals surface area (Å²) in [5, 5.41) is 11.7. The van der Waals surface area contributed by atoms with E-state index in [0.717, 1.165) is 31.2 Å². The van der Waals surface area contributed by atoms with Crippen LogP contribution in [0.15, 0.2) is 36.7 Å². The molecule has 8 nitrogen and oxygen atoms in total. The van der Waals surface area contributed by atoms with E-state index in [1.165, 1.54) is 25.6 Å². The smallest absolute Gasteiger partial charge is 0.328 e. The van der Waals surface area contributed by atoms with Crippen molar-refractivity contribution in [3.05, 3.63) is 47.9 Å². The Hall–Kier alpha value is -3.29. The van der Waals surface area contributed by atoms with E-state index < -0.39 is 17.4 Å². The van der Waals surface area contributed by atoms with Crippen LogP contribution in [0.3, 0.4) is 0 Å². The Bertz CT molecular complexity index is 964. The predicted molar refractivity (Wildman–Crippen MR) is 115 cm³/mol. The van der Waals surface area contributed by atoms with Gasteiger partial charge in [-0.2, -0.15) is 0 Å². The second kappa shape index (κ2) is 9.24. The number of aromatic nitrogens is 2. The van der Waals surface area contributed by atoms with E-state index in [4.69, 9.17) is 10.8 Å². The van der Waals surface area contributed by atoms with E-state index in [1.807, 2.05) is 12.1 Å². The number of nitrogens with zero attached hydrogens (tertiary/aromatic N) is 2. The lowest BCUT2D eigenvalue weighted by atomic mass is 9.77. The van der Waals surface area contributed by atoms with Crippen LogP contribution in [0.1, 0.15) is 67.9 Å². The van der Waals surface area contributed by atoms with Crippen LogP contribution in [-0.4, -0.2) is 38.4 Å². The maximum atomic E-state index is 12.2. The Labute approximate surface area is 181 Å². The lowest BCUT2D eigenvalue weighted by Gasteiger charge is -2.29. The molecule has 1 saturated carbocycles. The summed E-state index contributed by atoms with van der Waals surface area (Å²) in [6, 6.07) is 8.08. The Kier molecular flexibility index (Phi) is 6.68. The number of carbonyl (C=O) groups excluding carboxylic acids is 2. The number of carboxylic acids is 1. The summed E-state index contributed by atoms with van der Waals surface area (Å²) in [6.45, 7) is 2.98. The van der Waals surface area contributed by atoms with Gasteiger partial charge in [-0.3, -0.25) is 14.6 Å². The average Bonchev–Trinajstić information content (AvgIpc) is 2.74. The van der Waals surface area contributed by atoms with Gasteiger partial charge in [0, 0.05) is 12.0 Å². The van der Waals surface area contributed by atoms with Gasteiger partial charge in [-0.1, -0.05) is 24.3 Å². The average molecular weight is 425 g/mol. The highest BCUT2D eigenvalue weighted by atomic mass is 16.4. The molecule has 164 valence electrons. The zero-order chi connectivity index (χ0) is 22.6. The van der Waals surface area contributed by atoms with Crippen molar-refractivity contribution < 1.29 is 19.5 Å². The molecule has 0 unspecified atom stereocenters. The van der Waals surface area contributed by atoms with Gasteiger partial charge in [-0.05, 0) is 56.9 Å². The fourth-order valence-electron chi connectivity index (χ4n) is 3.96. The van der Waals surface area contributed by atoms with Gasteiger partial charge in [0.15, 0.2) is 0 Å². The number of aliphatic carboxylic acids is 1. The molecule has 0 saturated heterocycles. The van der Waals surface area contributed by atoms with Gasteiger partial charge in [-0.25, -0.2) is 9.78 Å². The minimum Gasteiger partial charge on any atom is -0.480 e. The summed E-state index contributed by atoms with van der Waals surface area (Å²) < 4.78 is 0. The van der Waals surface area contributed by atoms with E-state index in [1.54, 1.807) is 6.20 Å². The molecule has 3 rings (SSSR count). The summed E-state index contributed by atoms with van der Waals surface area (Å²) in [7, 11) is 0. The molecule has 0 bridgehead atoms. The molecule has 4 N–H and O–H groups in total. The number of nitrogens with two attached hydrogens (primary N) is 1. The van der Waals surface area contributed by atoms with Crippen LogP contribution in [-0.2, 0) is 9.59 Å². The van der Waals surface area contributed by atoms with Crippen molar-refractivity contribution in [2.75, 3.05) is 0 Å². The van der Waals surface area contributed by atoms with E-state index in [2.05, 4.69) is 27.4 Å². The second-order valence-electron chi connectivity index (χ2n) is 8.68. The molecule has 0 spiro atoms. The zero-order valence-corrected chi connectivity index (χ0v) is 17.8. The summed E-state index contributed by atoms with van der Waals surface area (Å²) in [5.41, 5.74) is 6.86. The maximum Gasteiger partial charge on any atom is 0.328 e. The lowest BCUT2D eigenvalue weighted by Crippen LogP contribution is -2.50. The molecule has 0 aliphatic heterocycles. The number of hydrogen-bond acceptors (Lipinski definition) is 5. The van der Waals surface area contributed by atoms with Crippen LogP contribution in [0.2, 0.25) is 0 Å². The van der Waals surface area contributed by atoms with E-state index in [-0.39, 0.29) is 17.5 Å². The molecule has 0 atom stereocenters. The van der Waals surface area contributed by atoms with Gasteiger partial charge in [0.05, 0.1) is 18.1 Å². The highest BCUT2D eigenvalue weighted by molar-refractivity contribution is 5.91. The first-order valence-corrected chi connectivity index (χ1v) is 10.4. The van der Waals surface area contributed by atoms with Crippen molar-refractivity contribution in [3.8, 4) is 11.3 Å². The quantitative estimate of drug-likeness (QED) is 0.625. The Morgan fingerprint density at radius 2 is 1.74 bits per heavy atom. The van der Waals surface area contributed by atoms with E-state index in [9.17, 15) is 14.4 Å². The monoisotopic (exact) mass is 424 g/mol. The molecule has 31 heavy (non-hydrogen) atoms. The van der Waals surface area contributed by atoms with Gasteiger partial charge in [-0.15, -0.1) is 0 Å². The third-order valence-corrected chi connectivity index (χ3v) is 5.87. The summed E-state index contributed by atoms with van der Waals surface area (Å²) in [5.74, 6) is -1.17. The van der Waals surface area contributed by atoms with Crippen LogP contribution in [0.25, 0.3) is 11.3 Å². The van der Waals surface area contributed by atoms with Gasteiger partial charge in [0.25, 0.3) is 5.91 Å². The Morgan fingerprint density at radius 1 is 1.10 bits per heavy atom. The van der Waals surface area contributed by atoms with E-state index in [0.29, 0.717) is 18.0 Å². The largest absolute Gasteiger partial charge is 0.480 e. The molecule has 1 aromatic heterocycles. The molecular weight excluding hydrogens is 396 g/mol. The first-order valence-electron chi connectivity index (χ1n) is 10.4. The van der Waals surface area contributed by atoms with Crippen molar-refractivity contribution in [2.24, 2.45) is 11.7 Å². The minimum atomic E-state index is -1.25. The molecule has 0 radical (unpaired) electrons. The summed E-state index contributed by atoms with van der Waals surface area (Å²) in [4.78, 5) is 43.0. The SMILES string of the molecule is CC(C)(NC(=O)CC1CCC(c2ccc(-c3cncc(C(N)=O)n3)cc2)CC1)C(=O)O. The number of rotatable bonds is 7. The second-order valence-corrected chi connectivity index (χ2v) is 8.68. The zero-order valence-electron chi connectivity index (χ0n) is 17.8. The molecule has 8 heteroatoms. The number of carboxylic acid groups (broad SMARTS) is 1. The van der Waals surface area contributed by atoms with Crippen molar-refractivity contribution in [3.63, 3.8) is 0 Å². The number of benzene rings is 1. The number of carbonyl (C=O) groups is 3. The summed E-state index contributed by atoms with van der Waals surface area (Å²) >= 11 is 0. The number of hydrogen-bond donors (Lipinski definition) is 3. The van der Waals surface area contributed by atoms with E-state index >= 15 is 0 Å². The molecule has 1 fully saturated rings. The molecule has 2 amide bonds. The molecule has 1 aliphatic rings. The molecular formula is C23H28N4O4. The van der Waals surface area contributed by atoms with Gasteiger partial charge in [0.2, 0.25) is 5.91 Å². The molecule has 1 aliphatic carbocycles. The topological polar surface area (TPSA) is 135 Å². The standard InChI is InChI=1S/C23H28N4O4/c1-23(2,22(30)31)27-20(28)11-14-3-5-15(6-4-14)16-7-9-17(10-8-16)18-12-25-13-19(26-18)21(24)29/h7-10,12-15H,3-6,11H2,1-2H3,(H2,24,29)(H,27,28)(H,30,31). The van der Waals surface area contributed by atoms with Crippen LogP contribution < -0.4 is 11.1 Å². The third kappa shape index (κ3) is 5.65. The van der Waals surface area contributed by atoms with Crippen LogP contribution >= 0.6 is 0 Å². The molecule has 1 aromatic carbocycles. The first kappa shape index (κ1) is 22.4. The van der Waals surface area contributed by atoms with Crippen molar-refractivity contribution in [2.45, 2.75) is 57.4 Å². The van der Waals surface area contributed by atoms with Gasteiger partial charge < -0.3 is 16.2 Å². The van der Waals surface area contributed by atoms with Crippen molar-refractivity contribution >= 4 is 17.8 Å². The van der Waals surface area contributed by atoms with Crippen LogP contribution in [0, 0.1) is 5.92 Å². The fraction of sp³-hybridized carbons (Fsp3) is 0.435. The van der Waals surface area contributed by atoms with Gasteiger partial charge >= 0.3 is 5.97 Å². The number of primary amides is 1. The van der Waals surface area contributed by atoms with Crippen LogP contribution in [0.4, 0.5) is 0 Å².